The number of nitrogens with zero attached hydrogens (tertiary/aromatic N) is 1. The van der Waals surface area contributed by atoms with Crippen LogP contribution in [0, 0.1) is 13.8 Å². The monoisotopic (exact) mass is 309 g/mol. The summed E-state index contributed by atoms with van der Waals surface area (Å²) < 4.78 is 0. The van der Waals surface area contributed by atoms with Gasteiger partial charge in [0.25, 0.3) is 5.91 Å². The molecule has 2 nitrogen and oxygen atoms in total. The first kappa shape index (κ1) is 13.6. The summed E-state index contributed by atoms with van der Waals surface area (Å²) in [5, 5.41) is 0.847. The number of carbonyl (C=O) groups is 1. The number of alkyl halides is 1. The van der Waals surface area contributed by atoms with E-state index < -0.39 is 0 Å². The zero-order valence-corrected chi connectivity index (χ0v) is 12.7. The van der Waals surface area contributed by atoms with E-state index in [1.165, 1.54) is 6.42 Å². The van der Waals surface area contributed by atoms with Gasteiger partial charge in [0.05, 0.1) is 0 Å². The van der Waals surface area contributed by atoms with Crippen molar-refractivity contribution >= 4 is 21.8 Å². The topological polar surface area (TPSA) is 20.3 Å². The van der Waals surface area contributed by atoms with Crippen molar-refractivity contribution in [1.82, 2.24) is 4.90 Å². The Morgan fingerprint density at radius 2 is 1.94 bits per heavy atom. The molecule has 0 radical (unpaired) electrons. The predicted octanol–water partition coefficient (Wildman–Crippen LogP) is 3.69. The zero-order chi connectivity index (χ0) is 13.1. The second kappa shape index (κ2) is 5.87. The molecule has 1 aromatic rings. The van der Waals surface area contributed by atoms with E-state index in [9.17, 15) is 4.79 Å². The van der Waals surface area contributed by atoms with Crippen LogP contribution >= 0.6 is 15.9 Å². The van der Waals surface area contributed by atoms with E-state index in [-0.39, 0.29) is 5.91 Å². The third-order valence-corrected chi connectivity index (χ3v) is 4.15. The molecule has 2 rings (SSSR count). The maximum atomic E-state index is 12.7. The number of hydrogen-bond donors (Lipinski definition) is 0. The van der Waals surface area contributed by atoms with Gasteiger partial charge in [-0.25, -0.2) is 0 Å². The van der Waals surface area contributed by atoms with Crippen molar-refractivity contribution in [2.24, 2.45) is 0 Å². The molecule has 1 saturated carbocycles. The summed E-state index contributed by atoms with van der Waals surface area (Å²) in [6.45, 7) is 4.85. The normalized spacial score (nSPS) is 15.3. The fourth-order valence-electron chi connectivity index (χ4n) is 2.53. The largest absolute Gasteiger partial charge is 0.335 e. The van der Waals surface area contributed by atoms with Gasteiger partial charge in [-0.1, -0.05) is 34.1 Å². The lowest BCUT2D eigenvalue weighted by Crippen LogP contribution is -2.45. The summed E-state index contributed by atoms with van der Waals surface area (Å²) in [5.74, 6) is 0.203. The molecule has 0 aromatic heterocycles. The molecule has 98 valence electrons. The van der Waals surface area contributed by atoms with Crippen molar-refractivity contribution in [3.05, 3.63) is 34.9 Å². The Labute approximate surface area is 117 Å². The van der Waals surface area contributed by atoms with Crippen LogP contribution in [-0.4, -0.2) is 28.7 Å². The average Bonchev–Trinajstić information content (AvgIpc) is 2.25. The van der Waals surface area contributed by atoms with Gasteiger partial charge in [-0.3, -0.25) is 4.79 Å². The maximum absolute atomic E-state index is 12.7. The van der Waals surface area contributed by atoms with Gasteiger partial charge in [0.1, 0.15) is 0 Å². The van der Waals surface area contributed by atoms with Crippen molar-refractivity contribution in [2.75, 3.05) is 11.9 Å². The van der Waals surface area contributed by atoms with Gasteiger partial charge in [0, 0.05) is 23.5 Å². The Morgan fingerprint density at radius 1 is 1.33 bits per heavy atom. The number of carbonyl (C=O) groups excluding carboxylic acids is 1. The number of amides is 1. The van der Waals surface area contributed by atoms with Crippen LogP contribution in [-0.2, 0) is 0 Å². The molecule has 1 amide bonds. The molecule has 1 aromatic carbocycles. The minimum Gasteiger partial charge on any atom is -0.335 e. The second-order valence-corrected chi connectivity index (χ2v) is 5.83. The van der Waals surface area contributed by atoms with E-state index in [1.54, 1.807) is 0 Å². The van der Waals surface area contributed by atoms with Crippen LogP contribution in [0.25, 0.3) is 0 Å². The standard InChI is InChI=1S/C15H20BrNO/c1-11-5-3-6-12(2)14(11)15(18)17(10-9-16)13-7-4-8-13/h3,5-6,13H,4,7-10H2,1-2H3. The first-order valence-electron chi connectivity index (χ1n) is 6.58. The predicted molar refractivity (Wildman–Crippen MR) is 78.4 cm³/mol. The van der Waals surface area contributed by atoms with Gasteiger partial charge in [-0.15, -0.1) is 0 Å². The number of rotatable bonds is 4. The Kier molecular flexibility index (Phi) is 4.44. The minimum atomic E-state index is 0.203. The van der Waals surface area contributed by atoms with Crippen molar-refractivity contribution in [3.8, 4) is 0 Å². The van der Waals surface area contributed by atoms with Crippen molar-refractivity contribution in [1.29, 1.82) is 0 Å². The molecule has 0 atom stereocenters. The molecule has 1 fully saturated rings. The molecule has 0 saturated heterocycles. The lowest BCUT2D eigenvalue weighted by Gasteiger charge is -2.38. The van der Waals surface area contributed by atoms with Gasteiger partial charge >= 0.3 is 0 Å². The number of halogens is 1. The molecule has 0 bridgehead atoms. The third-order valence-electron chi connectivity index (χ3n) is 3.80. The first-order valence-corrected chi connectivity index (χ1v) is 7.70. The molecule has 3 heteroatoms. The summed E-state index contributed by atoms with van der Waals surface area (Å²) in [4.78, 5) is 14.8. The Hall–Kier alpha value is -0.830. The van der Waals surface area contributed by atoms with Crippen LogP contribution in [0.4, 0.5) is 0 Å². The summed E-state index contributed by atoms with van der Waals surface area (Å²) in [6, 6.07) is 6.51. The number of aryl methyl sites for hydroxylation is 2. The van der Waals surface area contributed by atoms with Gasteiger partial charge < -0.3 is 4.90 Å². The molecule has 0 spiro atoms. The van der Waals surface area contributed by atoms with E-state index in [0.29, 0.717) is 6.04 Å². The number of benzene rings is 1. The van der Waals surface area contributed by atoms with Gasteiger partial charge in [-0.05, 0) is 44.2 Å². The highest BCUT2D eigenvalue weighted by molar-refractivity contribution is 9.09. The summed E-state index contributed by atoms with van der Waals surface area (Å²) >= 11 is 3.46. The Bertz CT molecular complexity index is 420. The van der Waals surface area contributed by atoms with Crippen molar-refractivity contribution in [3.63, 3.8) is 0 Å². The SMILES string of the molecule is Cc1cccc(C)c1C(=O)N(CCBr)C1CCC1. The smallest absolute Gasteiger partial charge is 0.254 e. The molecule has 0 N–H and O–H groups in total. The lowest BCUT2D eigenvalue weighted by atomic mass is 9.90. The van der Waals surface area contributed by atoms with Crippen LogP contribution in [0.15, 0.2) is 18.2 Å². The van der Waals surface area contributed by atoms with Crippen molar-refractivity contribution < 1.29 is 4.79 Å². The van der Waals surface area contributed by atoms with E-state index in [2.05, 4.69) is 15.9 Å². The fraction of sp³-hybridized carbons (Fsp3) is 0.533. The zero-order valence-electron chi connectivity index (χ0n) is 11.1. The quantitative estimate of drug-likeness (QED) is 0.777. The van der Waals surface area contributed by atoms with Crippen LogP contribution in [0.3, 0.4) is 0 Å². The van der Waals surface area contributed by atoms with Gasteiger partial charge in [0.2, 0.25) is 0 Å². The Balaban J connectivity index is 2.27. The highest BCUT2D eigenvalue weighted by Gasteiger charge is 2.29. The molecular formula is C15H20BrNO. The maximum Gasteiger partial charge on any atom is 0.254 e. The molecular weight excluding hydrogens is 290 g/mol. The van der Waals surface area contributed by atoms with Crippen LogP contribution in [0.1, 0.15) is 40.7 Å². The summed E-state index contributed by atoms with van der Waals surface area (Å²) in [5.41, 5.74) is 3.06. The van der Waals surface area contributed by atoms with E-state index in [1.807, 2.05) is 36.9 Å². The third kappa shape index (κ3) is 2.61. The molecule has 1 aliphatic carbocycles. The molecule has 18 heavy (non-hydrogen) atoms. The summed E-state index contributed by atoms with van der Waals surface area (Å²) in [7, 11) is 0. The minimum absolute atomic E-state index is 0.203. The van der Waals surface area contributed by atoms with Crippen LogP contribution < -0.4 is 0 Å². The fourth-order valence-corrected chi connectivity index (χ4v) is 2.92. The van der Waals surface area contributed by atoms with Gasteiger partial charge in [0.15, 0.2) is 0 Å². The van der Waals surface area contributed by atoms with E-state index >= 15 is 0 Å². The molecule has 0 unspecified atom stereocenters. The number of hydrogen-bond acceptors (Lipinski definition) is 1. The van der Waals surface area contributed by atoms with Crippen LogP contribution in [0.2, 0.25) is 0 Å². The Morgan fingerprint density at radius 3 is 2.39 bits per heavy atom. The van der Waals surface area contributed by atoms with Crippen LogP contribution in [0.5, 0.6) is 0 Å². The molecule has 1 aliphatic rings. The van der Waals surface area contributed by atoms with Gasteiger partial charge in [-0.2, -0.15) is 0 Å². The molecule has 0 heterocycles. The van der Waals surface area contributed by atoms with E-state index in [0.717, 1.165) is 41.4 Å². The second-order valence-electron chi connectivity index (χ2n) is 5.04. The summed E-state index contributed by atoms with van der Waals surface area (Å²) in [6.07, 6.45) is 3.57. The first-order chi connectivity index (χ1) is 8.65. The highest BCUT2D eigenvalue weighted by Crippen LogP contribution is 2.27. The highest BCUT2D eigenvalue weighted by atomic mass is 79.9. The van der Waals surface area contributed by atoms with E-state index in [4.69, 9.17) is 0 Å². The lowest BCUT2D eigenvalue weighted by molar-refractivity contribution is 0.0598. The molecule has 0 aliphatic heterocycles. The van der Waals surface area contributed by atoms with Crippen molar-refractivity contribution in [2.45, 2.75) is 39.2 Å². The average molecular weight is 310 g/mol.